The van der Waals surface area contributed by atoms with E-state index in [4.69, 9.17) is 9.47 Å². The second-order valence-electron chi connectivity index (χ2n) is 6.90. The van der Waals surface area contributed by atoms with E-state index in [-0.39, 0.29) is 10.8 Å². The molecule has 2 heterocycles. The smallest absolute Gasteiger partial charge is 0.261 e. The fourth-order valence-electron chi connectivity index (χ4n) is 3.52. The third-order valence-electron chi connectivity index (χ3n) is 5.06. The molecule has 0 atom stereocenters. The summed E-state index contributed by atoms with van der Waals surface area (Å²) < 4.78 is 38.9. The van der Waals surface area contributed by atoms with Crippen LogP contribution in [-0.2, 0) is 19.5 Å². The van der Waals surface area contributed by atoms with Gasteiger partial charge in [0.05, 0.1) is 18.1 Å². The highest BCUT2D eigenvalue weighted by molar-refractivity contribution is 7.92. The van der Waals surface area contributed by atoms with Crippen molar-refractivity contribution >= 4 is 21.6 Å². The van der Waals surface area contributed by atoms with E-state index in [0.29, 0.717) is 50.4 Å². The second-order valence-corrected chi connectivity index (χ2v) is 8.58. The summed E-state index contributed by atoms with van der Waals surface area (Å²) in [6.45, 7) is 2.30. The number of para-hydroxylation sites is 1. The molecule has 1 N–H and O–H groups in total. The average molecular weight is 402 g/mol. The molecule has 0 radical (unpaired) electrons. The van der Waals surface area contributed by atoms with Crippen molar-refractivity contribution in [2.45, 2.75) is 23.5 Å². The zero-order valence-electron chi connectivity index (χ0n) is 15.3. The molecule has 2 fully saturated rings. The third kappa shape index (κ3) is 3.89. The van der Waals surface area contributed by atoms with Crippen molar-refractivity contribution in [3.8, 4) is 0 Å². The molecule has 0 bridgehead atoms. The fourth-order valence-corrected chi connectivity index (χ4v) is 4.57. The first-order valence-electron chi connectivity index (χ1n) is 9.23. The molecule has 0 aromatic heterocycles. The van der Waals surface area contributed by atoms with Crippen LogP contribution in [0.3, 0.4) is 0 Å². The van der Waals surface area contributed by atoms with Crippen molar-refractivity contribution < 1.29 is 22.7 Å². The molecule has 0 aliphatic carbocycles. The highest BCUT2D eigenvalue weighted by Gasteiger charge is 2.40. The van der Waals surface area contributed by atoms with E-state index >= 15 is 0 Å². The maximum absolute atomic E-state index is 12.7. The molecule has 8 heteroatoms. The van der Waals surface area contributed by atoms with Gasteiger partial charge in [-0.25, -0.2) is 8.42 Å². The molecule has 0 saturated carbocycles. The zero-order valence-corrected chi connectivity index (χ0v) is 16.2. The highest BCUT2D eigenvalue weighted by Crippen LogP contribution is 2.31. The third-order valence-corrected chi connectivity index (χ3v) is 6.46. The maximum atomic E-state index is 12.7. The maximum Gasteiger partial charge on any atom is 0.261 e. The molecular formula is C20H22N2O5S. The van der Waals surface area contributed by atoms with Crippen LogP contribution >= 0.6 is 0 Å². The summed E-state index contributed by atoms with van der Waals surface area (Å²) in [5, 5.41) is 0. The van der Waals surface area contributed by atoms with Gasteiger partial charge < -0.3 is 14.4 Å². The lowest BCUT2D eigenvalue weighted by Crippen LogP contribution is -2.47. The first-order chi connectivity index (χ1) is 13.5. The van der Waals surface area contributed by atoms with E-state index in [1.54, 1.807) is 41.3 Å². The van der Waals surface area contributed by atoms with Crippen LogP contribution in [0.4, 0.5) is 5.69 Å². The Hall–Kier alpha value is -2.42. The van der Waals surface area contributed by atoms with E-state index in [1.165, 1.54) is 12.1 Å². The van der Waals surface area contributed by atoms with Crippen LogP contribution in [0, 0.1) is 0 Å². The SMILES string of the molecule is O=C(c1ccc(S(=O)(=O)Nc2ccccc2)cc1)N1CCC2(CC1)OCCO2. The molecular weight excluding hydrogens is 380 g/mol. The number of nitrogens with one attached hydrogen (secondary N) is 1. The number of rotatable bonds is 4. The Morgan fingerprint density at radius 2 is 1.54 bits per heavy atom. The number of benzene rings is 2. The van der Waals surface area contributed by atoms with Gasteiger partial charge in [-0.05, 0) is 36.4 Å². The number of sulfonamides is 1. The van der Waals surface area contributed by atoms with Crippen LogP contribution in [0.2, 0.25) is 0 Å². The Balaban J connectivity index is 1.42. The van der Waals surface area contributed by atoms with E-state index in [2.05, 4.69) is 4.72 Å². The number of ether oxygens (including phenoxy) is 2. The number of likely N-dealkylation sites (tertiary alicyclic amines) is 1. The lowest BCUT2D eigenvalue weighted by molar-refractivity contribution is -0.181. The molecule has 2 saturated heterocycles. The Labute approximate surface area is 164 Å². The minimum Gasteiger partial charge on any atom is -0.347 e. The zero-order chi connectivity index (χ0) is 19.6. The van der Waals surface area contributed by atoms with Gasteiger partial charge in [0, 0.05) is 37.2 Å². The fraction of sp³-hybridized carbons (Fsp3) is 0.350. The van der Waals surface area contributed by atoms with Crippen molar-refractivity contribution in [2.75, 3.05) is 31.0 Å². The number of anilines is 1. The van der Waals surface area contributed by atoms with E-state index in [9.17, 15) is 13.2 Å². The first-order valence-corrected chi connectivity index (χ1v) is 10.7. The van der Waals surface area contributed by atoms with Gasteiger partial charge in [-0.15, -0.1) is 0 Å². The molecule has 4 rings (SSSR count). The van der Waals surface area contributed by atoms with Crippen LogP contribution in [-0.4, -0.2) is 51.3 Å². The normalized spacial score (nSPS) is 18.9. The minimum atomic E-state index is -3.70. The molecule has 2 aliphatic rings. The van der Waals surface area contributed by atoms with Gasteiger partial charge in [-0.3, -0.25) is 9.52 Å². The second kappa shape index (κ2) is 7.54. The molecule has 28 heavy (non-hydrogen) atoms. The van der Waals surface area contributed by atoms with Gasteiger partial charge in [0.15, 0.2) is 5.79 Å². The highest BCUT2D eigenvalue weighted by atomic mass is 32.2. The largest absolute Gasteiger partial charge is 0.347 e. The van der Waals surface area contributed by atoms with Crippen LogP contribution in [0.25, 0.3) is 0 Å². The lowest BCUT2D eigenvalue weighted by atomic mass is 10.0. The summed E-state index contributed by atoms with van der Waals surface area (Å²) in [6.07, 6.45) is 1.29. The van der Waals surface area contributed by atoms with Gasteiger partial charge in [-0.2, -0.15) is 0 Å². The number of hydrogen-bond acceptors (Lipinski definition) is 5. The molecule has 2 aromatic carbocycles. The molecule has 0 unspecified atom stereocenters. The molecule has 1 amide bonds. The van der Waals surface area contributed by atoms with Crippen LogP contribution in [0.1, 0.15) is 23.2 Å². The minimum absolute atomic E-state index is 0.109. The van der Waals surface area contributed by atoms with Gasteiger partial charge in [-0.1, -0.05) is 18.2 Å². The summed E-state index contributed by atoms with van der Waals surface area (Å²) in [6, 6.07) is 14.7. The predicted octanol–water partition coefficient (Wildman–Crippen LogP) is 2.47. The van der Waals surface area contributed by atoms with Gasteiger partial charge in [0.1, 0.15) is 0 Å². The van der Waals surface area contributed by atoms with Gasteiger partial charge >= 0.3 is 0 Å². The van der Waals surface area contributed by atoms with E-state index in [1.807, 2.05) is 6.07 Å². The lowest BCUT2D eigenvalue weighted by Gasteiger charge is -2.37. The molecule has 148 valence electrons. The van der Waals surface area contributed by atoms with E-state index < -0.39 is 15.8 Å². The average Bonchev–Trinajstić information content (AvgIpc) is 3.16. The number of nitrogens with zero attached hydrogens (tertiary/aromatic N) is 1. The Morgan fingerprint density at radius 3 is 2.14 bits per heavy atom. The number of carbonyl (C=O) groups is 1. The monoisotopic (exact) mass is 402 g/mol. The Bertz CT molecular complexity index is 928. The van der Waals surface area contributed by atoms with Crippen molar-refractivity contribution in [2.24, 2.45) is 0 Å². The van der Waals surface area contributed by atoms with Crippen molar-refractivity contribution in [1.29, 1.82) is 0 Å². The molecule has 2 aliphatic heterocycles. The predicted molar refractivity (Wildman–Crippen MR) is 103 cm³/mol. The van der Waals surface area contributed by atoms with Crippen LogP contribution in [0.15, 0.2) is 59.5 Å². The Kier molecular flexibility index (Phi) is 5.09. The van der Waals surface area contributed by atoms with Gasteiger partial charge in [0.25, 0.3) is 15.9 Å². The van der Waals surface area contributed by atoms with Crippen molar-refractivity contribution in [3.05, 3.63) is 60.2 Å². The standard InChI is InChI=1S/C20H22N2O5S/c23-19(22-12-10-20(11-13-22)26-14-15-27-20)16-6-8-18(9-7-16)28(24,25)21-17-4-2-1-3-5-17/h1-9,21H,10-15H2. The number of carbonyl (C=O) groups excluding carboxylic acids is 1. The summed E-state index contributed by atoms with van der Waals surface area (Å²) in [5.74, 6) is -0.648. The van der Waals surface area contributed by atoms with Crippen LogP contribution < -0.4 is 4.72 Å². The van der Waals surface area contributed by atoms with Gasteiger partial charge in [0.2, 0.25) is 0 Å². The summed E-state index contributed by atoms with van der Waals surface area (Å²) in [4.78, 5) is 14.6. The topological polar surface area (TPSA) is 84.9 Å². The summed E-state index contributed by atoms with van der Waals surface area (Å²) in [7, 11) is -3.70. The van der Waals surface area contributed by atoms with Crippen molar-refractivity contribution in [3.63, 3.8) is 0 Å². The first kappa shape index (κ1) is 18.9. The van der Waals surface area contributed by atoms with E-state index in [0.717, 1.165) is 0 Å². The molecule has 7 nitrogen and oxygen atoms in total. The Morgan fingerprint density at radius 1 is 0.929 bits per heavy atom. The number of hydrogen-bond donors (Lipinski definition) is 1. The number of amides is 1. The summed E-state index contributed by atoms with van der Waals surface area (Å²) >= 11 is 0. The molecule has 1 spiro atoms. The van der Waals surface area contributed by atoms with Crippen molar-refractivity contribution in [1.82, 2.24) is 4.90 Å². The summed E-state index contributed by atoms with van der Waals surface area (Å²) in [5.41, 5.74) is 0.948. The number of piperidine rings is 1. The quantitative estimate of drug-likeness (QED) is 0.849. The van der Waals surface area contributed by atoms with Crippen LogP contribution in [0.5, 0.6) is 0 Å². The molecule has 2 aromatic rings.